The number of thioether (sulfide) groups is 1. The fourth-order valence-corrected chi connectivity index (χ4v) is 4.05. The fraction of sp³-hybridized carbons (Fsp3) is 0.227. The normalized spacial score (nSPS) is 15.2. The maximum atomic E-state index is 6.48. The maximum absolute atomic E-state index is 6.48. The van der Waals surface area contributed by atoms with Crippen molar-refractivity contribution in [1.82, 2.24) is 9.88 Å². The first-order valence-electron chi connectivity index (χ1n) is 8.83. The summed E-state index contributed by atoms with van der Waals surface area (Å²) in [6.45, 7) is 2.83. The van der Waals surface area contributed by atoms with Crippen LogP contribution in [-0.2, 0) is 6.54 Å². The number of nitrogens with zero attached hydrogens (tertiary/aromatic N) is 2. The number of hydrogen-bond donors (Lipinski definition) is 0. The minimum atomic E-state index is 0.619. The molecule has 0 saturated carbocycles. The quantitative estimate of drug-likeness (QED) is 0.414. The molecule has 0 saturated heterocycles. The molecule has 4 heteroatoms. The Morgan fingerprint density at radius 3 is 2.69 bits per heavy atom. The van der Waals surface area contributed by atoms with E-state index in [-0.39, 0.29) is 0 Å². The number of aromatic nitrogens is 1. The van der Waals surface area contributed by atoms with Gasteiger partial charge in [0.15, 0.2) is 0 Å². The van der Waals surface area contributed by atoms with E-state index < -0.39 is 0 Å². The largest absolute Gasteiger partial charge is 0.295 e. The zero-order chi connectivity index (χ0) is 17.9. The predicted molar refractivity (Wildman–Crippen MR) is 113 cm³/mol. The summed E-state index contributed by atoms with van der Waals surface area (Å²) < 4.78 is 0. The Hall–Kier alpha value is -1.81. The highest BCUT2D eigenvalue weighted by Gasteiger charge is 2.15. The molecule has 2 aromatic carbocycles. The van der Waals surface area contributed by atoms with Crippen LogP contribution in [0.25, 0.3) is 16.5 Å². The van der Waals surface area contributed by atoms with E-state index in [4.69, 9.17) is 11.6 Å². The van der Waals surface area contributed by atoms with Crippen LogP contribution in [0.15, 0.2) is 65.6 Å². The molecule has 1 aromatic heterocycles. The van der Waals surface area contributed by atoms with Crippen LogP contribution < -0.4 is 0 Å². The van der Waals surface area contributed by atoms with Crippen LogP contribution in [0.5, 0.6) is 0 Å². The predicted octanol–water partition coefficient (Wildman–Crippen LogP) is 5.90. The summed E-state index contributed by atoms with van der Waals surface area (Å²) in [5, 5.41) is 1.77. The van der Waals surface area contributed by atoms with E-state index in [1.165, 1.54) is 16.0 Å². The molecule has 0 unspecified atom stereocenters. The molecule has 3 aromatic rings. The summed E-state index contributed by atoms with van der Waals surface area (Å²) in [4.78, 5) is 8.26. The molecule has 0 fully saturated rings. The van der Waals surface area contributed by atoms with Gasteiger partial charge in [0.2, 0.25) is 0 Å². The Morgan fingerprint density at radius 1 is 1.12 bits per heavy atom. The topological polar surface area (TPSA) is 16.1 Å². The summed E-state index contributed by atoms with van der Waals surface area (Å²) in [5.74, 6) is 0. The molecule has 1 aliphatic rings. The summed E-state index contributed by atoms with van der Waals surface area (Å²) in [6, 6.07) is 19.2. The van der Waals surface area contributed by atoms with Gasteiger partial charge in [0, 0.05) is 35.5 Å². The monoisotopic (exact) mass is 380 g/mol. The van der Waals surface area contributed by atoms with Gasteiger partial charge in [-0.25, -0.2) is 4.98 Å². The van der Waals surface area contributed by atoms with Gasteiger partial charge in [-0.1, -0.05) is 54.1 Å². The van der Waals surface area contributed by atoms with Gasteiger partial charge in [-0.05, 0) is 42.0 Å². The van der Waals surface area contributed by atoms with Gasteiger partial charge in [-0.2, -0.15) is 0 Å². The number of halogens is 1. The standard InChI is InChI=1S/C22H21ClN2S/c1-26-20-8-7-18-13-19(22(23)24-21(18)14-20)15-25-11-9-17(10-12-25)16-5-3-2-4-6-16/h2-9,13-14H,10-12,15H2,1H3. The zero-order valence-electron chi connectivity index (χ0n) is 14.8. The van der Waals surface area contributed by atoms with Crippen LogP contribution in [-0.4, -0.2) is 29.2 Å². The van der Waals surface area contributed by atoms with Crippen molar-refractivity contribution in [2.45, 2.75) is 17.9 Å². The van der Waals surface area contributed by atoms with Crippen molar-refractivity contribution < 1.29 is 0 Å². The molecule has 0 radical (unpaired) electrons. The fourth-order valence-electron chi connectivity index (χ4n) is 3.42. The molecule has 0 spiro atoms. The average Bonchev–Trinajstić information content (AvgIpc) is 2.69. The van der Waals surface area contributed by atoms with Gasteiger partial charge >= 0.3 is 0 Å². The Bertz CT molecular complexity index is 953. The maximum Gasteiger partial charge on any atom is 0.134 e. The van der Waals surface area contributed by atoms with Crippen LogP contribution >= 0.6 is 23.4 Å². The van der Waals surface area contributed by atoms with Crippen LogP contribution in [0, 0.1) is 0 Å². The lowest BCUT2D eigenvalue weighted by Gasteiger charge is -2.26. The molecule has 2 nitrogen and oxygen atoms in total. The van der Waals surface area contributed by atoms with Crippen LogP contribution in [0.1, 0.15) is 17.5 Å². The molecule has 26 heavy (non-hydrogen) atoms. The molecule has 4 rings (SSSR count). The van der Waals surface area contributed by atoms with Crippen LogP contribution in [0.3, 0.4) is 0 Å². The smallest absolute Gasteiger partial charge is 0.134 e. The third kappa shape index (κ3) is 3.80. The summed E-state index contributed by atoms with van der Waals surface area (Å²) >= 11 is 8.21. The first-order chi connectivity index (χ1) is 12.7. The van der Waals surface area contributed by atoms with E-state index in [9.17, 15) is 0 Å². The lowest BCUT2D eigenvalue weighted by molar-refractivity contribution is 0.294. The second-order valence-electron chi connectivity index (χ2n) is 6.58. The van der Waals surface area contributed by atoms with Crippen molar-refractivity contribution in [3.8, 4) is 0 Å². The van der Waals surface area contributed by atoms with Crippen molar-refractivity contribution >= 4 is 39.8 Å². The molecule has 132 valence electrons. The van der Waals surface area contributed by atoms with Gasteiger partial charge in [-0.3, -0.25) is 4.90 Å². The third-order valence-electron chi connectivity index (χ3n) is 4.88. The SMILES string of the molecule is CSc1ccc2cc(CN3CC=C(c4ccccc4)CC3)c(Cl)nc2c1. The highest BCUT2D eigenvalue weighted by molar-refractivity contribution is 7.98. The number of fused-ring (bicyclic) bond motifs is 1. The van der Waals surface area contributed by atoms with Gasteiger partial charge in [0.1, 0.15) is 5.15 Å². The average molecular weight is 381 g/mol. The second-order valence-corrected chi connectivity index (χ2v) is 7.82. The number of pyridine rings is 1. The van der Waals surface area contributed by atoms with Gasteiger partial charge in [0.05, 0.1) is 5.52 Å². The third-order valence-corrected chi connectivity index (χ3v) is 5.94. The van der Waals surface area contributed by atoms with Crippen molar-refractivity contribution in [1.29, 1.82) is 0 Å². The van der Waals surface area contributed by atoms with Crippen molar-refractivity contribution in [3.05, 3.63) is 77.0 Å². The molecule has 2 heterocycles. The Balaban J connectivity index is 1.51. The number of rotatable bonds is 4. The summed E-state index contributed by atoms with van der Waals surface area (Å²) in [5.41, 5.74) is 4.85. The molecular formula is C22H21ClN2S. The van der Waals surface area contributed by atoms with E-state index in [1.54, 1.807) is 11.8 Å². The number of benzene rings is 2. The molecule has 0 amide bonds. The first kappa shape index (κ1) is 17.6. The molecule has 0 atom stereocenters. The van der Waals surface area contributed by atoms with Crippen LogP contribution in [0.2, 0.25) is 5.15 Å². The second kappa shape index (κ2) is 7.83. The van der Waals surface area contributed by atoms with E-state index in [0.717, 1.165) is 42.5 Å². The Kier molecular flexibility index (Phi) is 5.30. The highest BCUT2D eigenvalue weighted by Crippen LogP contribution is 2.27. The van der Waals surface area contributed by atoms with E-state index in [0.29, 0.717) is 5.15 Å². The van der Waals surface area contributed by atoms with Gasteiger partial charge in [0.25, 0.3) is 0 Å². The highest BCUT2D eigenvalue weighted by atomic mass is 35.5. The van der Waals surface area contributed by atoms with E-state index >= 15 is 0 Å². The van der Waals surface area contributed by atoms with E-state index in [1.807, 2.05) is 0 Å². The lowest BCUT2D eigenvalue weighted by atomic mass is 9.99. The van der Waals surface area contributed by atoms with Gasteiger partial charge in [-0.15, -0.1) is 11.8 Å². The van der Waals surface area contributed by atoms with Crippen LogP contribution in [0.4, 0.5) is 0 Å². The molecule has 0 N–H and O–H groups in total. The van der Waals surface area contributed by atoms with Gasteiger partial charge < -0.3 is 0 Å². The Morgan fingerprint density at radius 2 is 1.96 bits per heavy atom. The van der Waals surface area contributed by atoms with Crippen molar-refractivity contribution in [2.24, 2.45) is 0 Å². The minimum absolute atomic E-state index is 0.619. The molecule has 0 bridgehead atoms. The number of hydrogen-bond acceptors (Lipinski definition) is 3. The summed E-state index contributed by atoms with van der Waals surface area (Å²) in [7, 11) is 0. The Labute approximate surface area is 163 Å². The van der Waals surface area contributed by atoms with Crippen molar-refractivity contribution in [3.63, 3.8) is 0 Å². The molecule has 0 aliphatic carbocycles. The van der Waals surface area contributed by atoms with E-state index in [2.05, 4.69) is 76.8 Å². The molecular weight excluding hydrogens is 360 g/mol. The lowest BCUT2D eigenvalue weighted by Crippen LogP contribution is -2.28. The first-order valence-corrected chi connectivity index (χ1v) is 10.4. The molecule has 1 aliphatic heterocycles. The summed E-state index contributed by atoms with van der Waals surface area (Å²) in [6.07, 6.45) is 5.48. The minimum Gasteiger partial charge on any atom is -0.295 e. The zero-order valence-corrected chi connectivity index (χ0v) is 16.4. The van der Waals surface area contributed by atoms with Crippen molar-refractivity contribution in [2.75, 3.05) is 19.3 Å².